The first-order chi connectivity index (χ1) is 9.35. The van der Waals surface area contributed by atoms with Gasteiger partial charge in [-0.05, 0) is 12.8 Å². The summed E-state index contributed by atoms with van der Waals surface area (Å²) in [4.78, 5) is 0. The van der Waals surface area contributed by atoms with E-state index in [-0.39, 0.29) is 12.4 Å². The average Bonchev–Trinajstić information content (AvgIpc) is 2.35. The van der Waals surface area contributed by atoms with Crippen molar-refractivity contribution in [2.45, 2.75) is 19.4 Å². The van der Waals surface area contributed by atoms with Gasteiger partial charge in [-0.15, -0.1) is 0 Å². The van der Waals surface area contributed by atoms with E-state index in [1.54, 1.807) is 0 Å². The van der Waals surface area contributed by atoms with Gasteiger partial charge in [0.15, 0.2) is 0 Å². The molecule has 0 saturated heterocycles. The lowest BCUT2D eigenvalue weighted by Crippen LogP contribution is -2.46. The molecule has 20 heavy (non-hydrogen) atoms. The molecule has 1 rings (SSSR count). The van der Waals surface area contributed by atoms with Crippen LogP contribution in [0.15, 0.2) is 30.3 Å². The molecule has 0 aliphatic rings. The molecule has 5 nitrogen and oxygen atoms in total. The maximum atomic E-state index is 10.6. The van der Waals surface area contributed by atoms with Crippen LogP contribution in [0.5, 0.6) is 0 Å². The fourth-order valence-electron chi connectivity index (χ4n) is 2.31. The van der Waals surface area contributed by atoms with Gasteiger partial charge < -0.3 is 14.1 Å². The minimum atomic E-state index is -4.12. The topological polar surface area (TPSA) is 77.4 Å². The molecule has 0 heterocycles. The van der Waals surface area contributed by atoms with Gasteiger partial charge in [0, 0.05) is 11.3 Å². The van der Waals surface area contributed by atoms with Crippen LogP contribution in [0.1, 0.15) is 18.4 Å². The summed E-state index contributed by atoms with van der Waals surface area (Å²) in [6, 6.07) is 9.98. The Labute approximate surface area is 121 Å². The second-order valence-electron chi connectivity index (χ2n) is 5.40. The van der Waals surface area contributed by atoms with Gasteiger partial charge in [0.05, 0.1) is 30.3 Å². The number of quaternary nitrogens is 1. The van der Waals surface area contributed by atoms with Crippen LogP contribution in [0.2, 0.25) is 0 Å². The van der Waals surface area contributed by atoms with Crippen LogP contribution in [0.4, 0.5) is 0 Å². The van der Waals surface area contributed by atoms with Gasteiger partial charge in [0.1, 0.15) is 13.1 Å². The molecule has 0 saturated carbocycles. The zero-order valence-electron chi connectivity index (χ0n) is 11.9. The first kappa shape index (κ1) is 17.1. The summed E-state index contributed by atoms with van der Waals surface area (Å²) in [6.45, 7) is 2.22. The fraction of sp³-hybridized carbons (Fsp3) is 0.571. The van der Waals surface area contributed by atoms with Crippen LogP contribution in [0.25, 0.3) is 0 Å². The number of rotatable bonds is 9. The lowest BCUT2D eigenvalue weighted by atomic mass is 10.1. The van der Waals surface area contributed by atoms with E-state index in [0.717, 1.165) is 13.1 Å². The van der Waals surface area contributed by atoms with Gasteiger partial charge in [-0.25, -0.2) is 8.42 Å². The molecule has 0 fully saturated rings. The Morgan fingerprint density at radius 1 is 1.15 bits per heavy atom. The summed E-state index contributed by atoms with van der Waals surface area (Å²) in [5.74, 6) is -0.308. The number of benzene rings is 1. The Morgan fingerprint density at radius 3 is 2.35 bits per heavy atom. The Hall–Kier alpha value is -0.950. The number of nitrogens with zero attached hydrogens (tertiary/aromatic N) is 1. The average molecular weight is 301 g/mol. The molecule has 0 bridgehead atoms. The highest BCUT2D eigenvalue weighted by Gasteiger charge is 2.21. The van der Waals surface area contributed by atoms with E-state index in [4.69, 9.17) is 0 Å². The van der Waals surface area contributed by atoms with Crippen molar-refractivity contribution in [1.82, 2.24) is 0 Å². The van der Waals surface area contributed by atoms with Crippen LogP contribution >= 0.6 is 0 Å². The third-order valence-corrected chi connectivity index (χ3v) is 4.18. The van der Waals surface area contributed by atoms with Gasteiger partial charge in [-0.1, -0.05) is 30.3 Å². The van der Waals surface area contributed by atoms with Crippen molar-refractivity contribution < 1.29 is 22.6 Å². The van der Waals surface area contributed by atoms with Crippen molar-refractivity contribution in [2.75, 3.05) is 32.5 Å². The molecule has 0 amide bonds. The molecule has 6 heteroatoms. The van der Waals surface area contributed by atoms with E-state index in [2.05, 4.69) is 0 Å². The van der Waals surface area contributed by atoms with Gasteiger partial charge in [-0.2, -0.15) is 0 Å². The third-order valence-electron chi connectivity index (χ3n) is 3.39. The van der Waals surface area contributed by atoms with Crippen molar-refractivity contribution in [3.8, 4) is 0 Å². The smallest absolute Gasteiger partial charge is 0.104 e. The third kappa shape index (κ3) is 7.00. The highest BCUT2D eigenvalue weighted by Crippen LogP contribution is 2.13. The monoisotopic (exact) mass is 301 g/mol. The second kappa shape index (κ2) is 7.73. The highest BCUT2D eigenvalue weighted by atomic mass is 32.2. The van der Waals surface area contributed by atoms with E-state index in [1.807, 2.05) is 37.4 Å². The van der Waals surface area contributed by atoms with Crippen LogP contribution in [0, 0.1) is 0 Å². The first-order valence-corrected chi connectivity index (χ1v) is 8.34. The molecule has 1 aromatic carbocycles. The van der Waals surface area contributed by atoms with Crippen LogP contribution in [0.3, 0.4) is 0 Å². The number of unbranched alkanes of at least 4 members (excludes halogenated alkanes) is 1. The predicted molar refractivity (Wildman–Crippen MR) is 76.9 cm³/mol. The van der Waals surface area contributed by atoms with Gasteiger partial charge in [0.2, 0.25) is 0 Å². The van der Waals surface area contributed by atoms with Crippen molar-refractivity contribution in [2.24, 2.45) is 0 Å². The van der Waals surface area contributed by atoms with Crippen molar-refractivity contribution in [1.29, 1.82) is 0 Å². The number of likely N-dealkylation sites (N-methyl/N-ethyl adjacent to an activating group) is 1. The van der Waals surface area contributed by atoms with E-state index in [0.29, 0.717) is 23.9 Å². The van der Waals surface area contributed by atoms with Gasteiger partial charge >= 0.3 is 0 Å². The Kier molecular flexibility index (Phi) is 6.61. The summed E-state index contributed by atoms with van der Waals surface area (Å²) < 4.78 is 32.4. The van der Waals surface area contributed by atoms with Crippen LogP contribution in [-0.2, 0) is 16.7 Å². The van der Waals surface area contributed by atoms with E-state index in [1.165, 1.54) is 5.56 Å². The van der Waals surface area contributed by atoms with E-state index < -0.39 is 10.1 Å². The van der Waals surface area contributed by atoms with Crippen LogP contribution < -0.4 is 0 Å². The molecule has 0 radical (unpaired) electrons. The largest absolute Gasteiger partial charge is 0.748 e. The second-order valence-corrected chi connectivity index (χ2v) is 6.93. The van der Waals surface area contributed by atoms with Crippen molar-refractivity contribution in [3.63, 3.8) is 0 Å². The van der Waals surface area contributed by atoms with Crippen LogP contribution in [-0.4, -0.2) is 55.1 Å². The van der Waals surface area contributed by atoms with E-state index in [9.17, 15) is 18.1 Å². The Balaban J connectivity index is 2.53. The van der Waals surface area contributed by atoms with Crippen molar-refractivity contribution in [3.05, 3.63) is 35.9 Å². The molecule has 114 valence electrons. The number of hydrogen-bond donors (Lipinski definition) is 1. The number of aliphatic hydroxyl groups excluding tert-OH is 1. The fourth-order valence-corrected chi connectivity index (χ4v) is 2.87. The molecule has 0 aliphatic heterocycles. The van der Waals surface area contributed by atoms with E-state index >= 15 is 0 Å². The van der Waals surface area contributed by atoms with Crippen molar-refractivity contribution >= 4 is 10.1 Å². The minimum Gasteiger partial charge on any atom is -0.748 e. The quantitative estimate of drug-likeness (QED) is 0.418. The summed E-state index contributed by atoms with van der Waals surface area (Å²) >= 11 is 0. The minimum absolute atomic E-state index is 0.0865. The molecule has 1 N–H and O–H groups in total. The SMILES string of the molecule is C[N+](CCO)(CCCCS(=O)(=O)[O-])Cc1ccccc1. The normalized spacial score (nSPS) is 14.9. The zero-order valence-corrected chi connectivity index (χ0v) is 12.7. The zero-order chi connectivity index (χ0) is 15.1. The molecule has 0 spiro atoms. The molecule has 1 aromatic rings. The molecule has 0 aliphatic carbocycles. The maximum absolute atomic E-state index is 10.6. The van der Waals surface area contributed by atoms with Gasteiger partial charge in [-0.3, -0.25) is 0 Å². The molecule has 1 atom stereocenters. The predicted octanol–water partition coefficient (Wildman–Crippen LogP) is 0.951. The molecule has 1 unspecified atom stereocenters. The Morgan fingerprint density at radius 2 is 1.80 bits per heavy atom. The summed E-state index contributed by atoms with van der Waals surface area (Å²) in [5, 5.41) is 9.20. The summed E-state index contributed by atoms with van der Waals surface area (Å²) in [5.41, 5.74) is 1.18. The standard InChI is InChI=1S/C14H23NO4S/c1-15(10-11-16,9-5-6-12-20(17,18)19)13-14-7-3-2-4-8-14/h2-4,7-8,16H,5-6,9-13H2,1H3. The highest BCUT2D eigenvalue weighted by molar-refractivity contribution is 7.85. The lowest BCUT2D eigenvalue weighted by molar-refractivity contribution is -0.923. The summed E-state index contributed by atoms with van der Waals surface area (Å²) in [7, 11) is -2.08. The summed E-state index contributed by atoms with van der Waals surface area (Å²) in [6.07, 6.45) is 1.03. The van der Waals surface area contributed by atoms with Gasteiger partial charge in [0.25, 0.3) is 0 Å². The molecule has 0 aromatic heterocycles. The lowest BCUT2D eigenvalue weighted by Gasteiger charge is -2.34. The Bertz CT molecular complexity index is 489. The number of hydrogen-bond acceptors (Lipinski definition) is 4. The first-order valence-electron chi connectivity index (χ1n) is 6.77. The molecular weight excluding hydrogens is 278 g/mol. The maximum Gasteiger partial charge on any atom is 0.104 e. The number of aliphatic hydroxyl groups is 1. The molecular formula is C14H23NO4S.